The van der Waals surface area contributed by atoms with Crippen LogP contribution in [0.5, 0.6) is 5.75 Å². The van der Waals surface area contributed by atoms with Gasteiger partial charge in [0, 0.05) is 18.0 Å². The number of ketones is 1. The van der Waals surface area contributed by atoms with Gasteiger partial charge in [0.25, 0.3) is 0 Å². The van der Waals surface area contributed by atoms with Crippen LogP contribution in [0, 0.1) is 11.8 Å². The first kappa shape index (κ1) is 41.7. The molecule has 47 heavy (non-hydrogen) atoms. The normalized spacial score (nSPS) is 13.2. The summed E-state index contributed by atoms with van der Waals surface area (Å²) in [6.45, 7) is 10.3. The van der Waals surface area contributed by atoms with E-state index in [2.05, 4.69) is 73.0 Å². The Morgan fingerprint density at radius 2 is 1.38 bits per heavy atom. The molecule has 1 aromatic rings. The minimum atomic E-state index is -1.28. The topological polar surface area (TPSA) is 104 Å². The summed E-state index contributed by atoms with van der Waals surface area (Å²) < 4.78 is -0.526. The molecule has 0 radical (unpaired) electrons. The molecule has 0 aromatic heterocycles. The van der Waals surface area contributed by atoms with E-state index in [0.717, 1.165) is 57.1 Å². The van der Waals surface area contributed by atoms with E-state index in [1.54, 1.807) is 11.8 Å². The number of allylic oxidation sites excluding steroid dienone is 10. The highest BCUT2D eigenvalue weighted by Gasteiger charge is 2.37. The van der Waals surface area contributed by atoms with Gasteiger partial charge in [-0.05, 0) is 100 Å². The summed E-state index contributed by atoms with van der Waals surface area (Å²) in [7, 11) is 0. The molecule has 0 aliphatic rings. The molecule has 3 N–H and O–H groups in total. The number of carboxylic acid groups (broad SMARTS) is 1. The van der Waals surface area contributed by atoms with Crippen molar-refractivity contribution in [1.29, 1.82) is 0 Å². The van der Waals surface area contributed by atoms with Crippen LogP contribution in [0.15, 0.2) is 79.0 Å². The first-order chi connectivity index (χ1) is 22.6. The van der Waals surface area contributed by atoms with E-state index in [4.69, 9.17) is 0 Å². The summed E-state index contributed by atoms with van der Waals surface area (Å²) in [5, 5.41) is 21.9. The van der Waals surface area contributed by atoms with Gasteiger partial charge in [0.2, 0.25) is 5.91 Å². The Bertz CT molecular complexity index is 1220. The van der Waals surface area contributed by atoms with Crippen molar-refractivity contribution in [3.05, 3.63) is 84.5 Å². The number of nitrogens with one attached hydrogen (secondary N) is 1. The second-order valence-corrected chi connectivity index (χ2v) is 13.7. The molecule has 0 aliphatic heterocycles. The Morgan fingerprint density at radius 1 is 0.830 bits per heavy atom. The van der Waals surface area contributed by atoms with Gasteiger partial charge in [-0.2, -0.15) is 0 Å². The lowest BCUT2D eigenvalue weighted by Gasteiger charge is -2.31. The Balaban J connectivity index is 2.52. The maximum absolute atomic E-state index is 13.7. The number of benzene rings is 1. The lowest BCUT2D eigenvalue weighted by Crippen LogP contribution is -2.38. The predicted octanol–water partition coefficient (Wildman–Crippen LogP) is 10.9. The maximum atomic E-state index is 13.7. The number of carboxylic acids is 1. The molecular weight excluding hydrogens is 607 g/mol. The summed E-state index contributed by atoms with van der Waals surface area (Å²) in [4.78, 5) is 38.5. The number of aromatic hydroxyl groups is 1. The van der Waals surface area contributed by atoms with Crippen LogP contribution in [-0.2, 0) is 9.59 Å². The van der Waals surface area contributed by atoms with Gasteiger partial charge in [-0.1, -0.05) is 95.4 Å². The second-order valence-electron chi connectivity index (χ2n) is 12.2. The number of rotatable bonds is 25. The van der Waals surface area contributed by atoms with Crippen molar-refractivity contribution < 1.29 is 24.6 Å². The molecule has 0 saturated heterocycles. The molecule has 1 amide bonds. The van der Waals surface area contributed by atoms with Gasteiger partial charge in [0.15, 0.2) is 0 Å². The summed E-state index contributed by atoms with van der Waals surface area (Å²) in [5.41, 5.74) is -0.00134. The molecule has 0 spiro atoms. The third kappa shape index (κ3) is 17.4. The number of thioether (sulfide) groups is 1. The van der Waals surface area contributed by atoms with E-state index in [0.29, 0.717) is 19.3 Å². The lowest BCUT2D eigenvalue weighted by atomic mass is 9.85. The predicted molar refractivity (Wildman–Crippen MR) is 200 cm³/mol. The van der Waals surface area contributed by atoms with Crippen LogP contribution in [0.4, 0.5) is 5.69 Å². The number of hydrogen-bond acceptors (Lipinski definition) is 5. The molecule has 7 heteroatoms. The zero-order valence-electron chi connectivity index (χ0n) is 29.4. The number of aromatic carboxylic acids is 1. The lowest BCUT2D eigenvalue weighted by molar-refractivity contribution is -0.128. The third-order valence-electron chi connectivity index (χ3n) is 8.00. The molecule has 0 heterocycles. The minimum absolute atomic E-state index is 0.100. The van der Waals surface area contributed by atoms with E-state index in [9.17, 15) is 24.6 Å². The second kappa shape index (κ2) is 24.8. The number of carbonyl (C=O) groups excluding carboxylic acids is 2. The highest BCUT2D eigenvalue weighted by molar-refractivity contribution is 8.01. The van der Waals surface area contributed by atoms with Crippen molar-refractivity contribution in [3.8, 4) is 5.75 Å². The fraction of sp³-hybridized carbons (Fsp3) is 0.525. The van der Waals surface area contributed by atoms with Gasteiger partial charge < -0.3 is 15.5 Å². The third-order valence-corrected chi connectivity index (χ3v) is 9.85. The summed E-state index contributed by atoms with van der Waals surface area (Å²) >= 11 is 1.73. The Labute approximate surface area is 288 Å². The molecule has 1 unspecified atom stereocenters. The number of phenols is 1. The Morgan fingerprint density at radius 3 is 1.89 bits per heavy atom. The van der Waals surface area contributed by atoms with Crippen LogP contribution in [0.25, 0.3) is 0 Å². The largest absolute Gasteiger partial charge is 0.507 e. The van der Waals surface area contributed by atoms with E-state index >= 15 is 0 Å². The average Bonchev–Trinajstić information content (AvgIpc) is 3.04. The molecule has 0 aliphatic carbocycles. The van der Waals surface area contributed by atoms with Crippen LogP contribution in [0.1, 0.15) is 122 Å². The SMILES string of the molecule is CC/C=C\C/C=C\C/C=C\C/C=C\C/C=C\CCCCSC(CC)(CC)C(=O)CC(CC(C)C)C(=O)Nc1ccc(O)c(C(=O)O)c1. The van der Waals surface area contributed by atoms with Gasteiger partial charge in [-0.15, -0.1) is 11.8 Å². The molecule has 0 fully saturated rings. The molecule has 0 bridgehead atoms. The Hall–Kier alpha value is -3.32. The monoisotopic (exact) mass is 665 g/mol. The quantitative estimate of drug-likeness (QED) is 0.0545. The fourth-order valence-corrected chi connectivity index (χ4v) is 6.61. The van der Waals surface area contributed by atoms with Gasteiger partial charge >= 0.3 is 5.97 Å². The van der Waals surface area contributed by atoms with Crippen LogP contribution in [0.2, 0.25) is 0 Å². The minimum Gasteiger partial charge on any atom is -0.507 e. The highest BCUT2D eigenvalue weighted by Crippen LogP contribution is 2.37. The first-order valence-electron chi connectivity index (χ1n) is 17.4. The highest BCUT2D eigenvalue weighted by atomic mass is 32.2. The summed E-state index contributed by atoms with van der Waals surface area (Å²) in [6, 6.07) is 3.95. The van der Waals surface area contributed by atoms with E-state index in [1.165, 1.54) is 18.2 Å². The van der Waals surface area contributed by atoms with Crippen molar-refractivity contribution in [2.75, 3.05) is 11.1 Å². The number of unbranched alkanes of at least 4 members (excludes halogenated alkanes) is 2. The van der Waals surface area contributed by atoms with Crippen LogP contribution in [-0.4, -0.2) is 38.4 Å². The van der Waals surface area contributed by atoms with Crippen LogP contribution >= 0.6 is 11.8 Å². The van der Waals surface area contributed by atoms with E-state index in [1.807, 2.05) is 27.7 Å². The zero-order chi connectivity index (χ0) is 34.9. The van der Waals surface area contributed by atoms with E-state index < -0.39 is 16.6 Å². The number of carbonyl (C=O) groups is 3. The van der Waals surface area contributed by atoms with Gasteiger partial charge in [-0.3, -0.25) is 9.59 Å². The molecule has 1 rings (SSSR count). The van der Waals surface area contributed by atoms with Crippen molar-refractivity contribution in [2.24, 2.45) is 11.8 Å². The molecular formula is C40H59NO5S. The molecule has 1 aromatic carbocycles. The number of hydrogen-bond donors (Lipinski definition) is 3. The average molecular weight is 666 g/mol. The molecule has 6 nitrogen and oxygen atoms in total. The molecule has 0 saturated carbocycles. The van der Waals surface area contributed by atoms with Crippen LogP contribution in [0.3, 0.4) is 0 Å². The number of anilines is 1. The Kier molecular flexibility index (Phi) is 22.0. The zero-order valence-corrected chi connectivity index (χ0v) is 30.2. The standard InChI is InChI=1S/C40H59NO5S/c1-6-9-10-11-12-13-14-15-16-17-18-19-20-21-22-23-24-25-28-47-40(7-2,8-3)37(43)30-33(29-32(4)5)38(44)41-34-26-27-36(42)35(31-34)39(45)46/h9-10,12-13,15-16,18-19,21-22,26-27,31-33,42H,6-8,11,14,17,20,23-25,28-30H2,1-5H3,(H,41,44)(H,45,46)/b10-9-,13-12-,16-15-,19-18-,22-21-. The molecule has 260 valence electrons. The van der Waals surface area contributed by atoms with Crippen molar-refractivity contribution in [3.63, 3.8) is 0 Å². The maximum Gasteiger partial charge on any atom is 0.339 e. The summed E-state index contributed by atoms with van der Waals surface area (Å²) in [5.74, 6) is -1.29. The number of Topliss-reactive ketones (excluding diaryl/α,β-unsaturated/α-hetero) is 1. The van der Waals surface area contributed by atoms with Crippen molar-refractivity contribution in [1.82, 2.24) is 0 Å². The van der Waals surface area contributed by atoms with Crippen LogP contribution < -0.4 is 5.32 Å². The summed E-state index contributed by atoms with van der Waals surface area (Å²) in [6.07, 6.45) is 32.3. The molecule has 1 atom stereocenters. The smallest absolute Gasteiger partial charge is 0.339 e. The van der Waals surface area contributed by atoms with Gasteiger partial charge in [0.1, 0.15) is 17.1 Å². The fourth-order valence-electron chi connectivity index (χ4n) is 5.22. The van der Waals surface area contributed by atoms with Crippen molar-refractivity contribution in [2.45, 2.75) is 116 Å². The van der Waals surface area contributed by atoms with Gasteiger partial charge in [0.05, 0.1) is 4.75 Å². The van der Waals surface area contributed by atoms with Gasteiger partial charge in [-0.25, -0.2) is 4.79 Å². The first-order valence-corrected chi connectivity index (χ1v) is 18.4. The van der Waals surface area contributed by atoms with E-state index in [-0.39, 0.29) is 41.0 Å². The van der Waals surface area contributed by atoms with Crippen molar-refractivity contribution >= 4 is 35.1 Å². The number of amides is 1.